The van der Waals surface area contributed by atoms with E-state index >= 15 is 0 Å². The summed E-state index contributed by atoms with van der Waals surface area (Å²) in [7, 11) is -2.80. The lowest BCUT2D eigenvalue weighted by molar-refractivity contribution is 0.0799. The van der Waals surface area contributed by atoms with Crippen LogP contribution in [-0.2, 0) is 13.3 Å². The predicted molar refractivity (Wildman–Crippen MR) is 93.5 cm³/mol. The average Bonchev–Trinajstić information content (AvgIpc) is 2.48. The molecule has 1 aromatic rings. The topological polar surface area (TPSA) is 27.7 Å². The summed E-state index contributed by atoms with van der Waals surface area (Å²) in [6.07, 6.45) is 3.26. The van der Waals surface area contributed by atoms with E-state index in [-0.39, 0.29) is 0 Å². The van der Waals surface area contributed by atoms with E-state index in [1.165, 1.54) is 5.56 Å². The van der Waals surface area contributed by atoms with E-state index in [2.05, 4.69) is 31.7 Å². The average molecular weight is 329 g/mol. The summed E-state index contributed by atoms with van der Waals surface area (Å²) in [6, 6.07) is 8.20. The highest BCUT2D eigenvalue weighted by molar-refractivity contribution is 7.80. The molecule has 0 heterocycles. The number of thiol groups is 1. The quantitative estimate of drug-likeness (QED) is 0.384. The Morgan fingerprint density at radius 1 is 0.952 bits per heavy atom. The van der Waals surface area contributed by atoms with Gasteiger partial charge in [-0.25, -0.2) is 0 Å². The Labute approximate surface area is 135 Å². The van der Waals surface area contributed by atoms with E-state index in [4.69, 9.17) is 13.3 Å². The first kappa shape index (κ1) is 18.7. The fraction of sp³-hybridized carbons (Fsp3) is 0.625. The molecule has 0 N–H and O–H groups in total. The van der Waals surface area contributed by atoms with Crippen LogP contribution in [0.5, 0.6) is 0 Å². The molecule has 0 aliphatic rings. The second-order valence-electron chi connectivity index (χ2n) is 4.87. The van der Waals surface area contributed by atoms with Gasteiger partial charge >= 0.3 is 8.80 Å². The zero-order valence-corrected chi connectivity index (χ0v) is 15.3. The molecule has 5 heteroatoms. The lowest BCUT2D eigenvalue weighted by atomic mass is 10.2. The number of aryl methyl sites for hydroxylation is 1. The van der Waals surface area contributed by atoms with Crippen molar-refractivity contribution < 1.29 is 13.3 Å². The molecule has 120 valence electrons. The molecule has 0 fully saturated rings. The minimum atomic E-state index is -2.80. The molecule has 0 aliphatic carbocycles. The van der Waals surface area contributed by atoms with E-state index in [0.717, 1.165) is 30.2 Å². The van der Waals surface area contributed by atoms with Crippen molar-refractivity contribution in [2.45, 2.75) is 40.0 Å². The minimum Gasteiger partial charge on any atom is -0.370 e. The van der Waals surface area contributed by atoms with Gasteiger partial charge in [0.1, 0.15) is 0 Å². The summed E-state index contributed by atoms with van der Waals surface area (Å²) in [5.74, 6) is 0.928. The van der Waals surface area contributed by atoms with Crippen LogP contribution in [-0.4, -0.2) is 34.4 Å². The van der Waals surface area contributed by atoms with Crippen LogP contribution in [0.1, 0.15) is 38.7 Å². The summed E-state index contributed by atoms with van der Waals surface area (Å²) in [5, 5.41) is 1.09. The smallest absolute Gasteiger partial charge is 0.370 e. The Kier molecular flexibility index (Phi) is 9.27. The fourth-order valence-electron chi connectivity index (χ4n) is 2.25. The summed E-state index contributed by atoms with van der Waals surface area (Å²) >= 11 is 4.24. The Hall–Kier alpha value is -0.333. The van der Waals surface area contributed by atoms with Crippen molar-refractivity contribution in [2.75, 3.05) is 25.6 Å². The van der Waals surface area contributed by atoms with Gasteiger partial charge < -0.3 is 13.3 Å². The van der Waals surface area contributed by atoms with Gasteiger partial charge in [-0.05, 0) is 44.9 Å². The van der Waals surface area contributed by atoms with Gasteiger partial charge in [0, 0.05) is 25.0 Å². The zero-order chi connectivity index (χ0) is 15.6. The highest BCUT2D eigenvalue weighted by Crippen LogP contribution is 2.14. The Balaban J connectivity index is 2.85. The van der Waals surface area contributed by atoms with Gasteiger partial charge in [-0.1, -0.05) is 30.7 Å². The van der Waals surface area contributed by atoms with Crippen LogP contribution in [0.2, 0.25) is 0 Å². The summed E-state index contributed by atoms with van der Waals surface area (Å²) in [4.78, 5) is 0. The molecule has 21 heavy (non-hydrogen) atoms. The molecule has 0 aromatic heterocycles. The molecule has 0 atom stereocenters. The van der Waals surface area contributed by atoms with Crippen LogP contribution in [0.25, 0.3) is 0 Å². The maximum absolute atomic E-state index is 6.19. The van der Waals surface area contributed by atoms with Crippen LogP contribution < -0.4 is 5.19 Å². The van der Waals surface area contributed by atoms with Gasteiger partial charge in [0.15, 0.2) is 0 Å². The normalized spacial score (nSPS) is 11.8. The number of hydrogen-bond acceptors (Lipinski definition) is 4. The van der Waals surface area contributed by atoms with Crippen molar-refractivity contribution in [3.05, 3.63) is 29.8 Å². The van der Waals surface area contributed by atoms with Gasteiger partial charge in [-0.3, -0.25) is 0 Å². The van der Waals surface area contributed by atoms with E-state index in [0.29, 0.717) is 19.8 Å². The van der Waals surface area contributed by atoms with E-state index in [1.54, 1.807) is 0 Å². The van der Waals surface area contributed by atoms with Crippen molar-refractivity contribution in [1.29, 1.82) is 0 Å². The van der Waals surface area contributed by atoms with Crippen molar-refractivity contribution >= 4 is 26.6 Å². The molecule has 0 amide bonds. The molecule has 0 aliphatic heterocycles. The molecule has 1 rings (SSSR count). The zero-order valence-electron chi connectivity index (χ0n) is 13.4. The lowest BCUT2D eigenvalue weighted by Crippen LogP contribution is -2.58. The standard InChI is InChI=1S/C16H28O3SSi/c1-4-17-21(18-5-2,19-13-9-6-10-14-20)16-12-8-7-11-15(16)3/h7-8,11-12,20H,4-6,9-10,13-14H2,1-3H3. The third-order valence-corrected chi connectivity index (χ3v) is 6.70. The first-order chi connectivity index (χ1) is 10.2. The molecular weight excluding hydrogens is 300 g/mol. The van der Waals surface area contributed by atoms with Crippen LogP contribution in [0.4, 0.5) is 0 Å². The maximum Gasteiger partial charge on any atom is 0.537 e. The summed E-state index contributed by atoms with van der Waals surface area (Å²) in [6.45, 7) is 7.93. The molecule has 0 radical (unpaired) electrons. The molecule has 0 saturated carbocycles. The van der Waals surface area contributed by atoms with Gasteiger partial charge in [0.2, 0.25) is 0 Å². The predicted octanol–water partition coefficient (Wildman–Crippen LogP) is 3.33. The summed E-state index contributed by atoms with van der Waals surface area (Å²) < 4.78 is 18.2. The number of unbranched alkanes of at least 4 members (excludes halogenated alkanes) is 2. The molecule has 0 saturated heterocycles. The maximum atomic E-state index is 6.19. The monoisotopic (exact) mass is 328 g/mol. The third kappa shape index (κ3) is 5.75. The van der Waals surface area contributed by atoms with Gasteiger partial charge in [-0.2, -0.15) is 12.6 Å². The molecule has 1 aromatic carbocycles. The largest absolute Gasteiger partial charge is 0.537 e. The van der Waals surface area contributed by atoms with Gasteiger partial charge in [0.05, 0.1) is 0 Å². The van der Waals surface area contributed by atoms with Crippen LogP contribution in [0.15, 0.2) is 24.3 Å². The van der Waals surface area contributed by atoms with Crippen molar-refractivity contribution in [2.24, 2.45) is 0 Å². The molecule has 0 unspecified atom stereocenters. The van der Waals surface area contributed by atoms with Crippen LogP contribution in [0.3, 0.4) is 0 Å². The second-order valence-corrected chi connectivity index (χ2v) is 7.83. The first-order valence-electron chi connectivity index (χ1n) is 7.79. The van der Waals surface area contributed by atoms with E-state index in [9.17, 15) is 0 Å². The number of benzene rings is 1. The number of rotatable bonds is 11. The SMILES string of the molecule is CCO[Si](OCC)(OCCCCCS)c1ccccc1C. The van der Waals surface area contributed by atoms with Gasteiger partial charge in [-0.15, -0.1) is 0 Å². The lowest BCUT2D eigenvalue weighted by Gasteiger charge is -2.30. The highest BCUT2D eigenvalue weighted by Gasteiger charge is 2.44. The van der Waals surface area contributed by atoms with Crippen molar-refractivity contribution in [1.82, 2.24) is 0 Å². The van der Waals surface area contributed by atoms with E-state index < -0.39 is 8.80 Å². The molecule has 0 bridgehead atoms. The van der Waals surface area contributed by atoms with Crippen molar-refractivity contribution in [3.8, 4) is 0 Å². The number of hydrogen-bond donors (Lipinski definition) is 1. The Morgan fingerprint density at radius 3 is 2.19 bits per heavy atom. The third-order valence-electron chi connectivity index (χ3n) is 3.24. The first-order valence-corrected chi connectivity index (χ1v) is 10.1. The van der Waals surface area contributed by atoms with Crippen LogP contribution >= 0.6 is 12.6 Å². The Morgan fingerprint density at radius 2 is 1.62 bits per heavy atom. The molecule has 3 nitrogen and oxygen atoms in total. The Bertz CT molecular complexity index is 395. The van der Waals surface area contributed by atoms with Crippen molar-refractivity contribution in [3.63, 3.8) is 0 Å². The van der Waals surface area contributed by atoms with E-state index in [1.807, 2.05) is 26.0 Å². The summed E-state index contributed by atoms with van der Waals surface area (Å²) in [5.41, 5.74) is 1.17. The molecule has 0 spiro atoms. The fourth-order valence-corrected chi connectivity index (χ4v) is 5.23. The molecular formula is C16H28O3SSi. The minimum absolute atomic E-state index is 0.594. The second kappa shape index (κ2) is 10.4. The highest BCUT2D eigenvalue weighted by atomic mass is 32.1. The van der Waals surface area contributed by atoms with Crippen LogP contribution in [0, 0.1) is 6.92 Å². The van der Waals surface area contributed by atoms with Gasteiger partial charge in [0.25, 0.3) is 0 Å².